The lowest BCUT2D eigenvalue weighted by molar-refractivity contribution is -0.0778. The summed E-state index contributed by atoms with van der Waals surface area (Å²) >= 11 is -0.192. The summed E-state index contributed by atoms with van der Waals surface area (Å²) in [5, 5.41) is 2.84. The predicted octanol–water partition coefficient (Wildman–Crippen LogP) is 3.53. The highest BCUT2D eigenvalue weighted by atomic mass is 32.2. The summed E-state index contributed by atoms with van der Waals surface area (Å²) in [5.74, 6) is -0.287. The van der Waals surface area contributed by atoms with Crippen LogP contribution in [-0.2, 0) is 4.74 Å². The number of carbonyl (C=O) groups excluding carboxylic acids is 1. The zero-order valence-corrected chi connectivity index (χ0v) is 15.3. The number of alkyl halides is 3. The molecule has 0 bridgehead atoms. The van der Waals surface area contributed by atoms with E-state index >= 15 is 0 Å². The van der Waals surface area contributed by atoms with E-state index in [1.54, 1.807) is 0 Å². The van der Waals surface area contributed by atoms with Gasteiger partial charge in [-0.05, 0) is 56.8 Å². The van der Waals surface area contributed by atoms with Gasteiger partial charge in [0.1, 0.15) is 0 Å². The predicted molar refractivity (Wildman–Crippen MR) is 91.7 cm³/mol. The number of hydrogen-bond acceptors (Lipinski definition) is 4. The van der Waals surface area contributed by atoms with Crippen LogP contribution in [0.4, 0.5) is 13.2 Å². The highest BCUT2D eigenvalue weighted by Gasteiger charge is 2.29. The van der Waals surface area contributed by atoms with Gasteiger partial charge in [-0.25, -0.2) is 0 Å². The number of amides is 1. The summed E-state index contributed by atoms with van der Waals surface area (Å²) in [6.45, 7) is 8.17. The molecule has 0 radical (unpaired) electrons. The van der Waals surface area contributed by atoms with Crippen LogP contribution in [0.1, 0.15) is 31.1 Å². The van der Waals surface area contributed by atoms with Crippen molar-refractivity contribution in [3.05, 3.63) is 29.8 Å². The molecule has 1 amide bonds. The first kappa shape index (κ1) is 20.1. The van der Waals surface area contributed by atoms with E-state index in [2.05, 4.69) is 10.2 Å². The Morgan fingerprint density at radius 3 is 2.36 bits per heavy atom. The molecule has 8 heteroatoms. The first-order chi connectivity index (χ1) is 11.6. The van der Waals surface area contributed by atoms with Crippen molar-refractivity contribution in [1.82, 2.24) is 10.2 Å². The fourth-order valence-corrected chi connectivity index (χ4v) is 3.40. The van der Waals surface area contributed by atoms with Gasteiger partial charge in [0, 0.05) is 36.1 Å². The standard InChI is InChI=1S/C17H23F3N2O2S/c1-11(22-9-12(2)24-13(3)10-22)8-21-16(23)14-4-6-15(7-5-14)25-17(18,19)20/h4-7,11-13H,8-10H2,1-3H3,(H,21,23). The van der Waals surface area contributed by atoms with Crippen molar-refractivity contribution >= 4 is 17.7 Å². The second-order valence-electron chi connectivity index (χ2n) is 6.34. The summed E-state index contributed by atoms with van der Waals surface area (Å²) in [6, 6.07) is 5.58. The van der Waals surface area contributed by atoms with E-state index in [9.17, 15) is 18.0 Å². The molecule has 1 aromatic rings. The Kier molecular flexibility index (Phi) is 6.76. The van der Waals surface area contributed by atoms with E-state index < -0.39 is 5.51 Å². The maximum Gasteiger partial charge on any atom is 0.446 e. The molecule has 4 nitrogen and oxygen atoms in total. The highest BCUT2D eigenvalue weighted by Crippen LogP contribution is 2.36. The summed E-state index contributed by atoms with van der Waals surface area (Å²) in [7, 11) is 0. The van der Waals surface area contributed by atoms with Crippen LogP contribution in [0.25, 0.3) is 0 Å². The molecule has 1 heterocycles. The number of hydrogen-bond donors (Lipinski definition) is 1. The van der Waals surface area contributed by atoms with Crippen LogP contribution >= 0.6 is 11.8 Å². The molecule has 1 N–H and O–H groups in total. The van der Waals surface area contributed by atoms with Crippen molar-refractivity contribution in [2.24, 2.45) is 0 Å². The fourth-order valence-electron chi connectivity index (χ4n) is 2.86. The molecule has 140 valence electrons. The van der Waals surface area contributed by atoms with Crippen molar-refractivity contribution in [3.8, 4) is 0 Å². The third-order valence-corrected chi connectivity index (χ3v) is 4.72. The van der Waals surface area contributed by atoms with Crippen molar-refractivity contribution in [1.29, 1.82) is 0 Å². The molecule has 1 aliphatic rings. The number of benzene rings is 1. The van der Waals surface area contributed by atoms with E-state index in [0.29, 0.717) is 12.1 Å². The van der Waals surface area contributed by atoms with Crippen LogP contribution < -0.4 is 5.32 Å². The molecule has 1 saturated heterocycles. The first-order valence-corrected chi connectivity index (χ1v) is 8.99. The maximum absolute atomic E-state index is 12.3. The zero-order valence-electron chi connectivity index (χ0n) is 14.5. The van der Waals surface area contributed by atoms with Crippen molar-refractivity contribution in [3.63, 3.8) is 0 Å². The molecular weight excluding hydrogens is 353 g/mol. The summed E-state index contributed by atoms with van der Waals surface area (Å²) in [6.07, 6.45) is 0.307. The van der Waals surface area contributed by atoms with Gasteiger partial charge >= 0.3 is 5.51 Å². The quantitative estimate of drug-likeness (QED) is 0.799. The van der Waals surface area contributed by atoms with Crippen LogP contribution in [0, 0.1) is 0 Å². The number of nitrogens with zero attached hydrogens (tertiary/aromatic N) is 1. The molecule has 1 aromatic carbocycles. The summed E-state index contributed by atoms with van der Waals surface area (Å²) in [4.78, 5) is 14.5. The SMILES string of the molecule is CC1CN(C(C)CNC(=O)c2ccc(SC(F)(F)F)cc2)CC(C)O1. The second kappa shape index (κ2) is 8.42. The van der Waals surface area contributed by atoms with Crippen LogP contribution in [-0.4, -0.2) is 54.2 Å². The monoisotopic (exact) mass is 376 g/mol. The lowest BCUT2D eigenvalue weighted by Crippen LogP contribution is -2.52. The van der Waals surface area contributed by atoms with Gasteiger partial charge < -0.3 is 10.1 Å². The first-order valence-electron chi connectivity index (χ1n) is 8.17. The Hall–Kier alpha value is -1.25. The van der Waals surface area contributed by atoms with E-state index in [4.69, 9.17) is 4.74 Å². The van der Waals surface area contributed by atoms with Gasteiger partial charge in [-0.1, -0.05) is 0 Å². The minimum atomic E-state index is -4.33. The van der Waals surface area contributed by atoms with E-state index in [1.807, 2.05) is 20.8 Å². The molecule has 3 atom stereocenters. The number of morpholine rings is 1. The minimum Gasteiger partial charge on any atom is -0.373 e. The molecule has 1 aliphatic heterocycles. The van der Waals surface area contributed by atoms with Crippen LogP contribution in [0.3, 0.4) is 0 Å². The molecule has 3 unspecified atom stereocenters. The van der Waals surface area contributed by atoms with Gasteiger partial charge in [-0.3, -0.25) is 9.69 Å². The Labute approximate surface area is 150 Å². The number of rotatable bonds is 5. The minimum absolute atomic E-state index is 0.0636. The maximum atomic E-state index is 12.3. The number of nitrogens with one attached hydrogen (secondary N) is 1. The normalized spacial score (nSPS) is 23.3. The third-order valence-electron chi connectivity index (χ3n) is 3.98. The van der Waals surface area contributed by atoms with Crippen molar-refractivity contribution in [2.45, 2.75) is 49.4 Å². The van der Waals surface area contributed by atoms with E-state index in [1.165, 1.54) is 24.3 Å². The van der Waals surface area contributed by atoms with Gasteiger partial charge in [0.25, 0.3) is 5.91 Å². The lowest BCUT2D eigenvalue weighted by Gasteiger charge is -2.39. The molecule has 25 heavy (non-hydrogen) atoms. The second-order valence-corrected chi connectivity index (χ2v) is 7.48. The molecular formula is C17H23F3N2O2S. The third kappa shape index (κ3) is 6.52. The Balaban J connectivity index is 1.85. The average molecular weight is 376 g/mol. The molecule has 0 aromatic heterocycles. The zero-order chi connectivity index (χ0) is 18.6. The fraction of sp³-hybridized carbons (Fsp3) is 0.588. The number of carbonyl (C=O) groups is 1. The van der Waals surface area contributed by atoms with Gasteiger partial charge in [0.05, 0.1) is 12.2 Å². The van der Waals surface area contributed by atoms with Gasteiger partial charge in [0.15, 0.2) is 0 Å². The van der Waals surface area contributed by atoms with E-state index in [0.717, 1.165) is 13.1 Å². The summed E-state index contributed by atoms with van der Waals surface area (Å²) in [5.41, 5.74) is -3.98. The Morgan fingerprint density at radius 1 is 1.28 bits per heavy atom. The van der Waals surface area contributed by atoms with Crippen LogP contribution in [0.15, 0.2) is 29.2 Å². The molecule has 0 spiro atoms. The number of ether oxygens (including phenoxy) is 1. The molecule has 0 aliphatic carbocycles. The van der Waals surface area contributed by atoms with Crippen LogP contribution in [0.5, 0.6) is 0 Å². The van der Waals surface area contributed by atoms with E-state index in [-0.39, 0.29) is 40.8 Å². The average Bonchev–Trinajstić information content (AvgIpc) is 2.50. The molecule has 1 fully saturated rings. The number of halogens is 3. The lowest BCUT2D eigenvalue weighted by atomic mass is 10.1. The number of thioether (sulfide) groups is 1. The van der Waals surface area contributed by atoms with Gasteiger partial charge in [-0.15, -0.1) is 0 Å². The highest BCUT2D eigenvalue weighted by molar-refractivity contribution is 8.00. The van der Waals surface area contributed by atoms with Crippen molar-refractivity contribution < 1.29 is 22.7 Å². The smallest absolute Gasteiger partial charge is 0.373 e. The largest absolute Gasteiger partial charge is 0.446 e. The molecule has 2 rings (SSSR count). The van der Waals surface area contributed by atoms with Gasteiger partial charge in [-0.2, -0.15) is 13.2 Å². The van der Waals surface area contributed by atoms with Gasteiger partial charge in [0.2, 0.25) is 0 Å². The molecule has 0 saturated carbocycles. The Morgan fingerprint density at radius 2 is 1.84 bits per heavy atom. The summed E-state index contributed by atoms with van der Waals surface area (Å²) < 4.78 is 42.6. The topological polar surface area (TPSA) is 41.6 Å². The Bertz CT molecular complexity index is 570. The van der Waals surface area contributed by atoms with Crippen molar-refractivity contribution in [2.75, 3.05) is 19.6 Å². The van der Waals surface area contributed by atoms with Crippen LogP contribution in [0.2, 0.25) is 0 Å².